The van der Waals surface area contributed by atoms with E-state index in [9.17, 15) is 18.4 Å². The lowest BCUT2D eigenvalue weighted by atomic mass is 10.1. The maximum Gasteiger partial charge on any atom is 0.263 e. The Morgan fingerprint density at radius 1 is 0.774 bits per heavy atom. The molecule has 5 rings (SSSR count). The van der Waals surface area contributed by atoms with Crippen LogP contribution in [-0.4, -0.2) is 68.0 Å². The normalized spacial score (nSPS) is 13.7. The highest BCUT2D eigenvalue weighted by Gasteiger charge is 2.25. The Morgan fingerprint density at radius 2 is 1.43 bits per heavy atom. The van der Waals surface area contributed by atoms with Gasteiger partial charge in [-0.2, -0.15) is 0 Å². The van der Waals surface area contributed by atoms with E-state index in [1.165, 1.54) is 86.2 Å². The number of unbranched alkanes of at least 4 members (excludes halogenated alkanes) is 5. The number of piperidine rings is 1. The monoisotopic (exact) mass is 797 g/mol. The van der Waals surface area contributed by atoms with Crippen molar-refractivity contribution in [3.8, 4) is 22.9 Å². The van der Waals surface area contributed by atoms with E-state index >= 15 is 0 Å². The Labute approximate surface area is 323 Å². The van der Waals surface area contributed by atoms with Gasteiger partial charge in [0.2, 0.25) is 5.43 Å². The van der Waals surface area contributed by atoms with Gasteiger partial charge in [0.1, 0.15) is 22.8 Å². The van der Waals surface area contributed by atoms with E-state index in [4.69, 9.17) is 14.2 Å². The lowest BCUT2D eigenvalue weighted by molar-refractivity contribution is -0.914. The largest absolute Gasteiger partial charge is 1.00 e. The molecule has 8 nitrogen and oxygen atoms in total. The summed E-state index contributed by atoms with van der Waals surface area (Å²) in [5.41, 5.74) is 0.686. The first-order chi connectivity index (χ1) is 25.2. The molecule has 1 amide bonds. The van der Waals surface area contributed by atoms with Crippen molar-refractivity contribution in [3.05, 3.63) is 88.2 Å². The minimum Gasteiger partial charge on any atom is -1.00 e. The number of anilines is 1. The van der Waals surface area contributed by atoms with Gasteiger partial charge in [-0.05, 0) is 83.6 Å². The van der Waals surface area contributed by atoms with Crippen LogP contribution in [-0.2, 0) is 0 Å². The van der Waals surface area contributed by atoms with Gasteiger partial charge in [-0.1, -0.05) is 19.3 Å². The molecular formula is C42H54BrF2N3O5. The Bertz CT molecular complexity index is 1850. The van der Waals surface area contributed by atoms with Gasteiger partial charge >= 0.3 is 0 Å². The molecule has 1 aliphatic rings. The van der Waals surface area contributed by atoms with Crippen LogP contribution in [0.2, 0.25) is 0 Å². The number of quaternary nitrogens is 1. The summed E-state index contributed by atoms with van der Waals surface area (Å²) in [6.07, 6.45) is 12.6. The van der Waals surface area contributed by atoms with E-state index in [0.717, 1.165) is 25.0 Å². The minimum absolute atomic E-state index is 0. The molecule has 2 heterocycles. The Kier molecular flexibility index (Phi) is 15.7. The van der Waals surface area contributed by atoms with Gasteiger partial charge in [0, 0.05) is 54.1 Å². The molecule has 4 aromatic rings. The van der Waals surface area contributed by atoms with E-state index in [2.05, 4.69) is 7.05 Å². The highest BCUT2D eigenvalue weighted by molar-refractivity contribution is 6.07. The van der Waals surface area contributed by atoms with Crippen molar-refractivity contribution in [3.63, 3.8) is 0 Å². The molecule has 53 heavy (non-hydrogen) atoms. The van der Waals surface area contributed by atoms with Crippen LogP contribution in [0.3, 0.4) is 0 Å². The zero-order valence-corrected chi connectivity index (χ0v) is 33.2. The number of halogens is 3. The molecule has 0 aliphatic carbocycles. The predicted molar refractivity (Wildman–Crippen MR) is 203 cm³/mol. The van der Waals surface area contributed by atoms with Gasteiger partial charge in [0.15, 0.2) is 11.6 Å². The second kappa shape index (κ2) is 19.9. The first kappa shape index (κ1) is 41.8. The lowest BCUT2D eigenvalue weighted by Crippen LogP contribution is -3.00. The minimum atomic E-state index is -1.08. The third-order valence-corrected chi connectivity index (χ3v) is 10.0. The van der Waals surface area contributed by atoms with Gasteiger partial charge in [0.05, 0.1) is 57.7 Å². The standard InChI is InChI=1S/C42H54F2N3O5.BrH/c1-5-45(31-17-20-38(43)39(44)27-31)42(49)37-30-46(32-25-34(50-6-2)28-35(26-32)51-7-3)40-29-33(18-19-36(40)41(37)48)52-24-16-11-9-8-10-13-21-47(4)22-14-12-15-23-47;/h17-20,25-30H,5-16,21-24H2,1-4H3;1H/q+1;/p-1. The van der Waals surface area contributed by atoms with E-state index < -0.39 is 23.0 Å². The third-order valence-electron chi connectivity index (χ3n) is 10.0. The van der Waals surface area contributed by atoms with Crippen LogP contribution in [0.4, 0.5) is 14.5 Å². The lowest BCUT2D eigenvalue weighted by Gasteiger charge is -2.37. The molecule has 0 radical (unpaired) electrons. The molecule has 0 saturated carbocycles. The van der Waals surface area contributed by atoms with Crippen molar-refractivity contribution in [2.24, 2.45) is 0 Å². The number of ether oxygens (including phenoxy) is 3. The summed E-state index contributed by atoms with van der Waals surface area (Å²) in [5.74, 6) is -0.998. The molecule has 3 aromatic carbocycles. The number of hydrogen-bond acceptors (Lipinski definition) is 5. The second-order valence-corrected chi connectivity index (χ2v) is 13.9. The number of rotatable bonds is 18. The van der Waals surface area contributed by atoms with Gasteiger partial charge < -0.3 is 45.1 Å². The van der Waals surface area contributed by atoms with Crippen LogP contribution in [0.5, 0.6) is 17.2 Å². The summed E-state index contributed by atoms with van der Waals surface area (Å²) in [5, 5.41) is 0.306. The molecule has 11 heteroatoms. The van der Waals surface area contributed by atoms with Crippen LogP contribution >= 0.6 is 0 Å². The van der Waals surface area contributed by atoms with Gasteiger partial charge in [-0.25, -0.2) is 8.78 Å². The number of amides is 1. The first-order valence-corrected chi connectivity index (χ1v) is 19.0. The number of aromatic nitrogens is 1. The highest BCUT2D eigenvalue weighted by atomic mass is 79.9. The Morgan fingerprint density at radius 3 is 2.08 bits per heavy atom. The van der Waals surface area contributed by atoms with E-state index in [-0.39, 0.29) is 34.8 Å². The number of hydrogen-bond donors (Lipinski definition) is 0. The van der Waals surface area contributed by atoms with Crippen LogP contribution in [0.25, 0.3) is 16.6 Å². The second-order valence-electron chi connectivity index (χ2n) is 13.9. The zero-order chi connectivity index (χ0) is 37.1. The number of carbonyl (C=O) groups is 1. The predicted octanol–water partition coefficient (Wildman–Crippen LogP) is 6.09. The first-order valence-electron chi connectivity index (χ1n) is 19.0. The van der Waals surface area contributed by atoms with E-state index in [1.807, 2.05) is 32.0 Å². The summed E-state index contributed by atoms with van der Waals surface area (Å²) in [6, 6.07) is 13.9. The van der Waals surface area contributed by atoms with E-state index in [0.29, 0.717) is 53.7 Å². The quantitative estimate of drug-likeness (QED) is 0.0902. The van der Waals surface area contributed by atoms with Crippen molar-refractivity contribution in [2.45, 2.75) is 78.6 Å². The molecule has 1 aromatic heterocycles. The number of nitrogens with zero attached hydrogens (tertiary/aromatic N) is 3. The molecule has 1 fully saturated rings. The fourth-order valence-electron chi connectivity index (χ4n) is 7.19. The SMILES string of the molecule is CCOc1cc(OCC)cc(-n2cc(C(=O)N(CC)c3ccc(F)c(F)c3)c(=O)c3ccc(OCCCCCCCC[N+]4(C)CCCCC4)cc32)c1.[Br-]. The fourth-order valence-corrected chi connectivity index (χ4v) is 7.19. The van der Waals surface area contributed by atoms with Crippen LogP contribution in [0.1, 0.15) is 88.9 Å². The molecule has 1 saturated heterocycles. The van der Waals surface area contributed by atoms with Gasteiger partial charge in [-0.15, -0.1) is 0 Å². The highest BCUT2D eigenvalue weighted by Crippen LogP contribution is 2.30. The zero-order valence-electron chi connectivity index (χ0n) is 31.6. The molecular weight excluding hydrogens is 744 g/mol. The summed E-state index contributed by atoms with van der Waals surface area (Å²) in [7, 11) is 2.41. The summed E-state index contributed by atoms with van der Waals surface area (Å²) < 4.78 is 48.8. The number of pyridine rings is 1. The fraction of sp³-hybridized carbons (Fsp3) is 0.476. The summed E-state index contributed by atoms with van der Waals surface area (Å²) >= 11 is 0. The molecule has 0 atom stereocenters. The molecule has 0 unspecified atom stereocenters. The van der Waals surface area contributed by atoms with Crippen LogP contribution < -0.4 is 41.5 Å². The maximum absolute atomic E-state index is 14.2. The van der Waals surface area contributed by atoms with Crippen molar-refractivity contribution >= 4 is 22.5 Å². The topological polar surface area (TPSA) is 70.0 Å². The number of likely N-dealkylation sites (tertiary alicyclic amines) is 1. The van der Waals surface area contributed by atoms with Gasteiger partial charge in [0.25, 0.3) is 5.91 Å². The third kappa shape index (κ3) is 10.8. The number of fused-ring (bicyclic) bond motifs is 1. The maximum atomic E-state index is 14.2. The van der Waals surface area contributed by atoms with Crippen molar-refractivity contribution < 1.29 is 49.3 Å². The van der Waals surface area contributed by atoms with Gasteiger partial charge in [-0.3, -0.25) is 9.59 Å². The molecule has 1 aliphatic heterocycles. The Hall–Kier alpha value is -3.96. The average Bonchev–Trinajstić information content (AvgIpc) is 3.13. The Balaban J connectivity index is 0.00000627. The summed E-state index contributed by atoms with van der Waals surface area (Å²) in [4.78, 5) is 29.3. The van der Waals surface area contributed by atoms with Crippen LogP contribution in [0.15, 0.2) is 65.6 Å². The average molecular weight is 799 g/mol. The van der Waals surface area contributed by atoms with Crippen LogP contribution in [0, 0.1) is 11.6 Å². The number of benzene rings is 3. The van der Waals surface area contributed by atoms with Crippen molar-refractivity contribution in [2.75, 3.05) is 57.9 Å². The molecule has 0 bridgehead atoms. The number of carbonyl (C=O) groups excluding carboxylic acids is 1. The van der Waals surface area contributed by atoms with Crippen molar-refractivity contribution in [1.29, 1.82) is 0 Å². The summed E-state index contributed by atoms with van der Waals surface area (Å²) in [6.45, 7) is 11.0. The molecule has 0 spiro atoms. The molecule has 0 N–H and O–H groups in total. The van der Waals surface area contributed by atoms with E-state index in [1.54, 1.807) is 29.7 Å². The smallest absolute Gasteiger partial charge is 0.263 e. The molecule has 288 valence electrons. The van der Waals surface area contributed by atoms with Crippen molar-refractivity contribution in [1.82, 2.24) is 4.57 Å².